The van der Waals surface area contributed by atoms with Crippen molar-refractivity contribution in [2.45, 2.75) is 37.9 Å². The highest BCUT2D eigenvalue weighted by Gasteiger charge is 2.46. The maximum Gasteiger partial charge on any atom is 0.493 e. The summed E-state index contributed by atoms with van der Waals surface area (Å²) in [5.41, 5.74) is 1.67. The van der Waals surface area contributed by atoms with Crippen molar-refractivity contribution in [2.24, 2.45) is 0 Å². The number of piperidine rings is 1. The molecule has 0 radical (unpaired) electrons. The molecule has 1 aromatic carbocycles. The zero-order valence-corrected chi connectivity index (χ0v) is 14.6. The number of benzene rings is 1. The molecular weight excluding hydrogens is 367 g/mol. The van der Waals surface area contributed by atoms with Gasteiger partial charge in [-0.05, 0) is 50.6 Å². The summed E-state index contributed by atoms with van der Waals surface area (Å²) in [6.45, 7) is 0.886. The predicted octanol–water partition coefficient (Wildman–Crippen LogP) is 1.79. The van der Waals surface area contributed by atoms with Crippen LogP contribution in [0.4, 0.5) is 18.9 Å². The summed E-state index contributed by atoms with van der Waals surface area (Å²) in [6, 6.07) is 6.25. The number of hydrogen-bond acceptors (Lipinski definition) is 6. The zero-order valence-electron chi connectivity index (χ0n) is 14.6. The zero-order chi connectivity index (χ0) is 20.0. The SMILES string of the molecule is CNCCCc1ccc(NC2CCC(=O)N(OC(=O)C(F)(F)F)C2=O)cc1. The van der Waals surface area contributed by atoms with Crippen molar-refractivity contribution in [1.82, 2.24) is 10.4 Å². The monoisotopic (exact) mass is 387 g/mol. The van der Waals surface area contributed by atoms with Crippen molar-refractivity contribution >= 4 is 23.5 Å². The van der Waals surface area contributed by atoms with Crippen LogP contribution in [0.2, 0.25) is 0 Å². The van der Waals surface area contributed by atoms with Crippen LogP contribution in [0.5, 0.6) is 0 Å². The van der Waals surface area contributed by atoms with Gasteiger partial charge in [-0.25, -0.2) is 4.79 Å². The van der Waals surface area contributed by atoms with E-state index in [1.807, 2.05) is 19.2 Å². The summed E-state index contributed by atoms with van der Waals surface area (Å²) < 4.78 is 36.9. The summed E-state index contributed by atoms with van der Waals surface area (Å²) in [5.74, 6) is -4.65. The lowest BCUT2D eigenvalue weighted by molar-refractivity contribution is -0.237. The van der Waals surface area contributed by atoms with E-state index in [2.05, 4.69) is 15.5 Å². The lowest BCUT2D eigenvalue weighted by Gasteiger charge is -2.29. The Kier molecular flexibility index (Phi) is 6.78. The van der Waals surface area contributed by atoms with Gasteiger partial charge in [0.2, 0.25) is 0 Å². The van der Waals surface area contributed by atoms with Crippen LogP contribution in [0.15, 0.2) is 24.3 Å². The molecule has 0 aromatic heterocycles. The molecule has 10 heteroatoms. The smallest absolute Gasteiger partial charge is 0.374 e. The molecule has 1 atom stereocenters. The Morgan fingerprint density at radius 3 is 2.52 bits per heavy atom. The molecule has 2 N–H and O–H groups in total. The van der Waals surface area contributed by atoms with Gasteiger partial charge in [0.1, 0.15) is 6.04 Å². The Balaban J connectivity index is 1.99. The number of aryl methyl sites for hydroxylation is 1. The third kappa shape index (κ3) is 5.68. The van der Waals surface area contributed by atoms with Crippen molar-refractivity contribution in [1.29, 1.82) is 0 Å². The molecule has 27 heavy (non-hydrogen) atoms. The Morgan fingerprint density at radius 1 is 1.26 bits per heavy atom. The van der Waals surface area contributed by atoms with E-state index in [0.29, 0.717) is 5.69 Å². The fourth-order valence-electron chi connectivity index (χ4n) is 2.56. The third-order valence-electron chi connectivity index (χ3n) is 3.96. The number of halogens is 3. The Hall–Kier alpha value is -2.62. The van der Waals surface area contributed by atoms with E-state index in [4.69, 9.17) is 0 Å². The van der Waals surface area contributed by atoms with Crippen molar-refractivity contribution in [3.05, 3.63) is 29.8 Å². The highest BCUT2D eigenvalue weighted by molar-refractivity contribution is 6.01. The molecule has 2 amide bonds. The Morgan fingerprint density at radius 2 is 1.93 bits per heavy atom. The van der Waals surface area contributed by atoms with E-state index in [9.17, 15) is 27.6 Å². The second kappa shape index (κ2) is 8.85. The number of carbonyl (C=O) groups is 3. The van der Waals surface area contributed by atoms with E-state index in [-0.39, 0.29) is 17.9 Å². The number of carbonyl (C=O) groups excluding carboxylic acids is 3. The maximum absolute atomic E-state index is 12.3. The molecule has 0 spiro atoms. The molecular formula is C17H20F3N3O4. The van der Waals surface area contributed by atoms with Gasteiger partial charge in [-0.15, -0.1) is 5.06 Å². The van der Waals surface area contributed by atoms with Crippen LogP contribution in [0.1, 0.15) is 24.8 Å². The molecule has 0 saturated carbocycles. The molecule has 1 unspecified atom stereocenters. The van der Waals surface area contributed by atoms with Crippen LogP contribution in [0.25, 0.3) is 0 Å². The maximum atomic E-state index is 12.3. The van der Waals surface area contributed by atoms with Crippen molar-refractivity contribution < 1.29 is 32.4 Å². The van der Waals surface area contributed by atoms with Gasteiger partial charge < -0.3 is 15.5 Å². The largest absolute Gasteiger partial charge is 0.493 e. The van der Waals surface area contributed by atoms with Crippen LogP contribution in [-0.4, -0.2) is 48.7 Å². The van der Waals surface area contributed by atoms with Gasteiger partial charge in [0.25, 0.3) is 11.8 Å². The van der Waals surface area contributed by atoms with Gasteiger partial charge in [-0.3, -0.25) is 9.59 Å². The molecule has 1 aliphatic rings. The minimum absolute atomic E-state index is 0.0850. The minimum atomic E-state index is -5.30. The molecule has 1 aliphatic heterocycles. The standard InChI is InChI=1S/C17H20F3N3O4/c1-21-10-2-3-11-4-6-12(7-5-11)22-13-8-9-14(24)23(15(13)25)27-16(26)17(18,19)20/h4-7,13,21-22H,2-3,8-10H2,1H3. The highest BCUT2D eigenvalue weighted by Crippen LogP contribution is 2.22. The molecule has 2 rings (SSSR count). The summed E-state index contributed by atoms with van der Waals surface area (Å²) in [4.78, 5) is 38.8. The number of nitrogens with one attached hydrogen (secondary N) is 2. The quantitative estimate of drug-likeness (QED) is 0.548. The molecule has 1 heterocycles. The summed E-state index contributed by atoms with van der Waals surface area (Å²) in [5, 5.41) is 5.80. The second-order valence-electron chi connectivity index (χ2n) is 6.04. The van der Waals surface area contributed by atoms with Gasteiger partial charge in [0, 0.05) is 12.1 Å². The fourth-order valence-corrected chi connectivity index (χ4v) is 2.56. The molecule has 0 bridgehead atoms. The second-order valence-corrected chi connectivity index (χ2v) is 6.04. The summed E-state index contributed by atoms with van der Waals surface area (Å²) in [7, 11) is 1.87. The first kappa shape index (κ1) is 20.7. The normalized spacial score (nSPS) is 17.8. The lowest BCUT2D eigenvalue weighted by atomic mass is 10.0. The van der Waals surface area contributed by atoms with Gasteiger partial charge in [0.15, 0.2) is 0 Å². The van der Waals surface area contributed by atoms with Gasteiger partial charge >= 0.3 is 12.1 Å². The number of anilines is 1. The number of rotatable bonds is 7. The fraction of sp³-hybridized carbons (Fsp3) is 0.471. The Bertz CT molecular complexity index is 692. The molecule has 148 valence electrons. The molecule has 0 aliphatic carbocycles. The first-order valence-corrected chi connectivity index (χ1v) is 8.38. The average Bonchev–Trinajstić information content (AvgIpc) is 2.61. The average molecular weight is 387 g/mol. The lowest BCUT2D eigenvalue weighted by Crippen LogP contribution is -2.52. The van der Waals surface area contributed by atoms with Gasteiger partial charge in [-0.2, -0.15) is 13.2 Å². The van der Waals surface area contributed by atoms with E-state index >= 15 is 0 Å². The van der Waals surface area contributed by atoms with E-state index < -0.39 is 30.0 Å². The summed E-state index contributed by atoms with van der Waals surface area (Å²) in [6.07, 6.45) is -3.60. The number of nitrogens with zero attached hydrogens (tertiary/aromatic N) is 1. The van der Waals surface area contributed by atoms with E-state index in [0.717, 1.165) is 24.9 Å². The summed E-state index contributed by atoms with van der Waals surface area (Å²) >= 11 is 0. The number of hydrogen-bond donors (Lipinski definition) is 2. The van der Waals surface area contributed by atoms with Crippen molar-refractivity contribution in [2.75, 3.05) is 18.9 Å². The number of imide groups is 1. The van der Waals surface area contributed by atoms with Crippen LogP contribution >= 0.6 is 0 Å². The van der Waals surface area contributed by atoms with E-state index in [1.54, 1.807) is 12.1 Å². The number of amides is 2. The van der Waals surface area contributed by atoms with Crippen LogP contribution < -0.4 is 10.6 Å². The molecule has 7 nitrogen and oxygen atoms in total. The molecule has 1 fully saturated rings. The highest BCUT2D eigenvalue weighted by atomic mass is 19.4. The number of alkyl halides is 3. The first-order chi connectivity index (χ1) is 12.7. The first-order valence-electron chi connectivity index (χ1n) is 8.38. The Labute approximate surface area is 153 Å². The minimum Gasteiger partial charge on any atom is -0.374 e. The van der Waals surface area contributed by atoms with E-state index in [1.165, 1.54) is 0 Å². The number of hydroxylamine groups is 2. The van der Waals surface area contributed by atoms with Gasteiger partial charge in [-0.1, -0.05) is 12.1 Å². The topological polar surface area (TPSA) is 87.7 Å². The van der Waals surface area contributed by atoms with Crippen LogP contribution in [0.3, 0.4) is 0 Å². The van der Waals surface area contributed by atoms with Crippen molar-refractivity contribution in [3.8, 4) is 0 Å². The third-order valence-corrected chi connectivity index (χ3v) is 3.96. The predicted molar refractivity (Wildman–Crippen MR) is 89.3 cm³/mol. The molecule has 1 aromatic rings. The molecule has 1 saturated heterocycles. The van der Waals surface area contributed by atoms with Gasteiger partial charge in [0.05, 0.1) is 0 Å². The van der Waals surface area contributed by atoms with Crippen LogP contribution in [0, 0.1) is 0 Å². The van der Waals surface area contributed by atoms with Crippen molar-refractivity contribution in [3.63, 3.8) is 0 Å². The van der Waals surface area contributed by atoms with Crippen LogP contribution in [-0.2, 0) is 25.6 Å².